The van der Waals surface area contributed by atoms with Crippen molar-refractivity contribution < 1.29 is 14.6 Å². The first-order chi connectivity index (χ1) is 15.0. The van der Waals surface area contributed by atoms with Gasteiger partial charge >= 0.3 is 6.03 Å². The summed E-state index contributed by atoms with van der Waals surface area (Å²) in [5, 5.41) is 21.5. The van der Waals surface area contributed by atoms with E-state index in [1.54, 1.807) is 18.2 Å². The second-order valence-corrected chi connectivity index (χ2v) is 7.37. The lowest BCUT2D eigenvalue weighted by Gasteiger charge is -2.26. The first kappa shape index (κ1) is 20.3. The Bertz CT molecular complexity index is 1110. The number of phenolic OH excluding ortho intramolecular Hbond substituents is 1. The molecule has 4 rings (SSSR count). The number of para-hydroxylation sites is 3. The number of nitrogens with zero attached hydrogens (tertiary/aromatic N) is 2. The first-order valence-corrected chi connectivity index (χ1v) is 10.0. The van der Waals surface area contributed by atoms with Crippen molar-refractivity contribution in [1.29, 1.82) is 0 Å². The summed E-state index contributed by atoms with van der Waals surface area (Å²) in [6.07, 6.45) is 0.340. The molecule has 31 heavy (non-hydrogen) atoms. The minimum atomic E-state index is -0.406. The van der Waals surface area contributed by atoms with E-state index >= 15 is 0 Å². The Labute approximate surface area is 181 Å². The van der Waals surface area contributed by atoms with Crippen LogP contribution in [0.2, 0.25) is 0 Å². The quantitative estimate of drug-likeness (QED) is 0.490. The van der Waals surface area contributed by atoms with Gasteiger partial charge in [-0.25, -0.2) is 9.80 Å². The molecule has 0 fully saturated rings. The molecule has 1 atom stereocenters. The van der Waals surface area contributed by atoms with Gasteiger partial charge in [-0.05, 0) is 61.9 Å². The maximum atomic E-state index is 12.5. The zero-order valence-electron chi connectivity index (χ0n) is 17.4. The van der Waals surface area contributed by atoms with E-state index in [-0.39, 0.29) is 12.0 Å². The van der Waals surface area contributed by atoms with E-state index in [9.17, 15) is 9.90 Å². The fourth-order valence-electron chi connectivity index (χ4n) is 3.40. The van der Waals surface area contributed by atoms with Crippen molar-refractivity contribution in [1.82, 2.24) is 0 Å². The van der Waals surface area contributed by atoms with E-state index in [2.05, 4.69) is 15.7 Å². The molecule has 1 aliphatic heterocycles. The Morgan fingerprint density at radius 1 is 1.00 bits per heavy atom. The third-order valence-corrected chi connectivity index (χ3v) is 4.91. The molecule has 0 spiro atoms. The molecule has 7 nitrogen and oxygen atoms in total. The van der Waals surface area contributed by atoms with Gasteiger partial charge in [0.1, 0.15) is 11.5 Å². The lowest BCUT2D eigenvalue weighted by molar-refractivity contribution is 0.214. The fraction of sp³-hybridized carbons (Fsp3) is 0.167. The van der Waals surface area contributed by atoms with Gasteiger partial charge in [-0.1, -0.05) is 30.3 Å². The molecule has 3 aromatic rings. The third-order valence-electron chi connectivity index (χ3n) is 4.91. The zero-order valence-corrected chi connectivity index (χ0v) is 17.4. The first-order valence-electron chi connectivity index (χ1n) is 10.0. The topological polar surface area (TPSA) is 86.2 Å². The molecule has 7 heteroatoms. The highest BCUT2D eigenvalue weighted by Gasteiger charge is 2.29. The van der Waals surface area contributed by atoms with E-state index in [1.807, 2.05) is 61.3 Å². The van der Waals surface area contributed by atoms with Crippen molar-refractivity contribution in [3.63, 3.8) is 0 Å². The maximum Gasteiger partial charge on any atom is 0.323 e. The zero-order chi connectivity index (χ0) is 21.8. The van der Waals surface area contributed by atoms with Gasteiger partial charge < -0.3 is 20.5 Å². The van der Waals surface area contributed by atoms with Gasteiger partial charge in [-0.2, -0.15) is 5.10 Å². The summed E-state index contributed by atoms with van der Waals surface area (Å²) in [4.78, 5) is 12.5. The number of amides is 2. The van der Waals surface area contributed by atoms with Crippen molar-refractivity contribution in [2.45, 2.75) is 26.5 Å². The second-order valence-electron chi connectivity index (χ2n) is 7.37. The number of benzene rings is 3. The summed E-state index contributed by atoms with van der Waals surface area (Å²) in [7, 11) is 0. The number of hydrogen-bond acceptors (Lipinski definition) is 5. The largest absolute Gasteiger partial charge is 0.508 e. The smallest absolute Gasteiger partial charge is 0.323 e. The molecule has 1 unspecified atom stereocenters. The molecular formula is C24H24N4O3. The number of aromatic hydroxyl groups is 1. The molecule has 0 aliphatic carbocycles. The normalized spacial score (nSPS) is 15.4. The van der Waals surface area contributed by atoms with Crippen LogP contribution in [0.3, 0.4) is 0 Å². The van der Waals surface area contributed by atoms with E-state index < -0.39 is 6.03 Å². The second kappa shape index (κ2) is 8.79. The van der Waals surface area contributed by atoms with Crippen LogP contribution >= 0.6 is 0 Å². The van der Waals surface area contributed by atoms with Gasteiger partial charge in [0.15, 0.2) is 6.23 Å². The molecule has 0 bridgehead atoms. The Morgan fingerprint density at radius 3 is 2.48 bits per heavy atom. The third kappa shape index (κ3) is 4.78. The summed E-state index contributed by atoms with van der Waals surface area (Å²) in [6, 6.07) is 21.2. The highest BCUT2D eigenvalue weighted by molar-refractivity contribution is 6.00. The molecule has 1 heterocycles. The highest BCUT2D eigenvalue weighted by Crippen LogP contribution is 2.32. The molecule has 3 aromatic carbocycles. The van der Waals surface area contributed by atoms with Crippen LogP contribution in [0.25, 0.3) is 0 Å². The van der Waals surface area contributed by atoms with Crippen molar-refractivity contribution >= 4 is 28.8 Å². The van der Waals surface area contributed by atoms with E-state index in [0.717, 1.165) is 17.0 Å². The Morgan fingerprint density at radius 2 is 1.71 bits per heavy atom. The van der Waals surface area contributed by atoms with E-state index in [0.29, 0.717) is 23.5 Å². The summed E-state index contributed by atoms with van der Waals surface area (Å²) in [5.41, 5.74) is 4.19. The van der Waals surface area contributed by atoms with Gasteiger partial charge in [0.05, 0.1) is 11.4 Å². The van der Waals surface area contributed by atoms with Crippen molar-refractivity contribution in [2.24, 2.45) is 5.10 Å². The van der Waals surface area contributed by atoms with E-state index in [4.69, 9.17) is 4.74 Å². The number of rotatable bonds is 5. The van der Waals surface area contributed by atoms with Crippen LogP contribution in [0.4, 0.5) is 21.9 Å². The number of carbonyl (C=O) groups is 1. The average molecular weight is 416 g/mol. The highest BCUT2D eigenvalue weighted by atomic mass is 16.5. The molecule has 2 amide bonds. The van der Waals surface area contributed by atoms with Crippen LogP contribution < -0.4 is 20.4 Å². The molecule has 158 valence electrons. The van der Waals surface area contributed by atoms with Crippen LogP contribution in [-0.2, 0) is 0 Å². The Hall–Kier alpha value is -4.00. The minimum absolute atomic E-state index is 0.136. The number of aryl methyl sites for hydroxylation is 1. The summed E-state index contributed by atoms with van der Waals surface area (Å²) in [5.74, 6) is 0.689. The lowest BCUT2D eigenvalue weighted by atomic mass is 10.2. The number of anilines is 3. The fourth-order valence-corrected chi connectivity index (χ4v) is 3.40. The van der Waals surface area contributed by atoms with Crippen LogP contribution in [0, 0.1) is 6.92 Å². The van der Waals surface area contributed by atoms with Gasteiger partial charge in [0.25, 0.3) is 0 Å². The molecule has 3 N–H and O–H groups in total. The summed E-state index contributed by atoms with van der Waals surface area (Å²) in [6.45, 7) is 4.02. The summed E-state index contributed by atoms with van der Waals surface area (Å²) >= 11 is 0. The predicted octanol–water partition coefficient (Wildman–Crippen LogP) is 5.34. The molecule has 1 aliphatic rings. The van der Waals surface area contributed by atoms with Gasteiger partial charge in [0.2, 0.25) is 0 Å². The number of hydrogen-bond donors (Lipinski definition) is 3. The van der Waals surface area contributed by atoms with Crippen LogP contribution in [0.5, 0.6) is 11.5 Å². The van der Waals surface area contributed by atoms with Crippen molar-refractivity contribution in [3.05, 3.63) is 78.4 Å². The Kier molecular flexibility index (Phi) is 5.75. The van der Waals surface area contributed by atoms with Gasteiger partial charge in [-0.3, -0.25) is 0 Å². The number of carbonyl (C=O) groups excluding carboxylic acids is 1. The monoisotopic (exact) mass is 416 g/mol. The molecular weight excluding hydrogens is 392 g/mol. The molecule has 0 aromatic heterocycles. The molecule has 0 saturated carbocycles. The lowest BCUT2D eigenvalue weighted by Crippen LogP contribution is -2.32. The minimum Gasteiger partial charge on any atom is -0.508 e. The van der Waals surface area contributed by atoms with Crippen LogP contribution in [-0.4, -0.2) is 23.1 Å². The number of ether oxygens (including phenoxy) is 1. The average Bonchev–Trinajstić information content (AvgIpc) is 3.11. The standard InChI is InChI=1S/C24H24N4O3/c1-16-7-3-5-9-21(16)28-23(15-17(2)27-28)31-22-10-6-4-8-20(22)26-24(30)25-18-11-13-19(29)14-12-18/h3-14,23,29H,15H2,1-2H3,(H2,25,26,30). The van der Waals surface area contributed by atoms with Gasteiger partial charge in [0, 0.05) is 17.8 Å². The Balaban J connectivity index is 1.50. The van der Waals surface area contributed by atoms with E-state index in [1.165, 1.54) is 12.1 Å². The number of urea groups is 1. The van der Waals surface area contributed by atoms with Crippen LogP contribution in [0.1, 0.15) is 18.9 Å². The molecule has 0 saturated heterocycles. The van der Waals surface area contributed by atoms with Crippen molar-refractivity contribution in [2.75, 3.05) is 15.6 Å². The maximum absolute atomic E-state index is 12.5. The number of nitrogens with one attached hydrogen (secondary N) is 2. The summed E-state index contributed by atoms with van der Waals surface area (Å²) < 4.78 is 6.30. The number of hydrazone groups is 1. The van der Waals surface area contributed by atoms with Gasteiger partial charge in [-0.15, -0.1) is 0 Å². The van der Waals surface area contributed by atoms with Crippen LogP contribution in [0.15, 0.2) is 77.9 Å². The SMILES string of the molecule is CC1=NN(c2ccccc2C)C(Oc2ccccc2NC(=O)Nc2ccc(O)cc2)C1. The van der Waals surface area contributed by atoms with Crippen molar-refractivity contribution in [3.8, 4) is 11.5 Å². The predicted molar refractivity (Wildman–Crippen MR) is 123 cm³/mol. The molecule has 0 radical (unpaired) electrons. The number of phenols is 1.